The average Bonchev–Trinajstić information content (AvgIpc) is 1.15. The van der Waals surface area contributed by atoms with Crippen LogP contribution in [0, 0.1) is 23.7 Å². The van der Waals surface area contributed by atoms with Gasteiger partial charge in [0.25, 0.3) is 0 Å². The lowest BCUT2D eigenvalue weighted by Gasteiger charge is -2.48. The van der Waals surface area contributed by atoms with Gasteiger partial charge < -0.3 is 178 Å². The Labute approximate surface area is 823 Å². The number of carboxylic acid groups (broad SMARTS) is 3. The van der Waals surface area contributed by atoms with Gasteiger partial charge in [0.05, 0.1) is 75.3 Å². The predicted molar refractivity (Wildman–Crippen MR) is 497 cm³/mol. The van der Waals surface area contributed by atoms with Gasteiger partial charge in [0.15, 0.2) is 0 Å². The summed E-state index contributed by atoms with van der Waals surface area (Å²) < 4.78 is 12.9. The maximum atomic E-state index is 15.6. The number of nitrogens with two attached hydrogens (primary N) is 3. The lowest BCUT2D eigenvalue weighted by Crippen LogP contribution is -2.66. The molecule has 4 aliphatic rings. The number of amides is 17. The van der Waals surface area contributed by atoms with Crippen LogP contribution in [0.2, 0.25) is 0 Å². The van der Waals surface area contributed by atoms with E-state index in [2.05, 4.69) is 79.8 Å². The van der Waals surface area contributed by atoms with Crippen LogP contribution in [-0.4, -0.2) is 390 Å². The zero-order chi connectivity index (χ0) is 107. The number of ether oxygens (including phenoxy) is 2. The first-order chi connectivity index (χ1) is 67.5. The molecule has 0 aromatic heterocycles. The third-order valence-corrected chi connectivity index (χ3v) is 24.6. The second kappa shape index (κ2) is 60.5. The molecule has 5 rings (SSSR count). The van der Waals surface area contributed by atoms with Crippen molar-refractivity contribution in [2.75, 3.05) is 65.7 Å². The maximum Gasteiger partial charge on any atom is 0.326 e. The Bertz CT molecular complexity index is 4480. The summed E-state index contributed by atoms with van der Waals surface area (Å²) in [5, 5.41) is 164. The number of rotatable bonds is 62. The van der Waals surface area contributed by atoms with E-state index in [1.807, 2.05) is 5.32 Å². The van der Waals surface area contributed by atoms with Crippen LogP contribution >= 0.6 is 0 Å². The van der Waals surface area contributed by atoms with E-state index in [1.165, 1.54) is 24.0 Å². The van der Waals surface area contributed by atoms with E-state index in [9.17, 15) is 143 Å². The fourth-order valence-electron chi connectivity index (χ4n) is 16.7. The number of unbranched alkanes of at least 4 members (excludes halogenated alkanes) is 2. The summed E-state index contributed by atoms with van der Waals surface area (Å²) in [6.07, 6.45) is -17.2. The molecular weight excluding hydrogens is 1890 g/mol. The number of aliphatic hydroxyl groups is 8. The molecule has 143 heavy (non-hydrogen) atoms. The molecule has 2 aliphatic heterocycles. The molecule has 25 atom stereocenters. The highest BCUT2D eigenvalue weighted by molar-refractivity contribution is 6.01. The van der Waals surface area contributed by atoms with Crippen molar-refractivity contribution in [2.24, 2.45) is 40.9 Å². The number of nitrogens with zero attached hydrogens (tertiary/aromatic N) is 1. The molecular formula is C89H144N20O34. The molecule has 2 saturated heterocycles. The molecule has 804 valence electrons. The number of primary amides is 1. The van der Waals surface area contributed by atoms with Gasteiger partial charge in [-0.2, -0.15) is 0 Å². The molecule has 0 radical (unpaired) electrons. The third kappa shape index (κ3) is 39.5. The second-order valence-corrected chi connectivity index (χ2v) is 36.8. The molecule has 54 heteroatoms. The van der Waals surface area contributed by atoms with Crippen LogP contribution in [-0.2, 0) is 112 Å². The van der Waals surface area contributed by atoms with Crippen LogP contribution in [0.1, 0.15) is 170 Å². The van der Waals surface area contributed by atoms with Crippen molar-refractivity contribution >= 4 is 118 Å². The highest BCUT2D eigenvalue weighted by Crippen LogP contribution is 2.36. The van der Waals surface area contributed by atoms with Gasteiger partial charge in [-0.25, -0.2) is 4.79 Å². The molecule has 2 saturated carbocycles. The Morgan fingerprint density at radius 3 is 1.58 bits per heavy atom. The minimum Gasteiger partial charge on any atom is -0.508 e. The number of carbonyl (C=O) groups is 20. The van der Waals surface area contributed by atoms with E-state index in [1.54, 1.807) is 39.8 Å². The van der Waals surface area contributed by atoms with Crippen LogP contribution in [0.4, 0.5) is 0 Å². The van der Waals surface area contributed by atoms with E-state index in [-0.39, 0.29) is 115 Å². The number of carboxylic acids is 3. The average molecular weight is 2040 g/mol. The fraction of sp³-hybridized carbons (Fsp3) is 0.708. The first-order valence-corrected chi connectivity index (χ1v) is 47.6. The summed E-state index contributed by atoms with van der Waals surface area (Å²) in [5.41, 5.74) is 18.0. The molecule has 2 heterocycles. The van der Waals surface area contributed by atoms with Crippen molar-refractivity contribution in [3.63, 3.8) is 0 Å². The summed E-state index contributed by atoms with van der Waals surface area (Å²) in [6, 6.07) is -17.4. The molecule has 17 amide bonds. The number of benzene rings is 1. The normalized spacial score (nSPS) is 22.6. The summed E-state index contributed by atoms with van der Waals surface area (Å²) >= 11 is 0. The zero-order valence-electron chi connectivity index (χ0n) is 80.9. The Hall–Kier alpha value is -12.1. The van der Waals surface area contributed by atoms with E-state index >= 15 is 14.4 Å². The number of aromatic hydroxyl groups is 1. The monoisotopic (exact) mass is 2040 g/mol. The number of hydrogen-bond acceptors (Lipinski definition) is 34. The number of aliphatic hydroxyl groups excluding tert-OH is 8. The van der Waals surface area contributed by atoms with Crippen LogP contribution in [0.25, 0.3) is 0 Å². The van der Waals surface area contributed by atoms with E-state index in [0.717, 1.165) is 13.8 Å². The quantitative estimate of drug-likeness (QED) is 0.0269. The maximum absolute atomic E-state index is 15.6. The Morgan fingerprint density at radius 1 is 0.524 bits per heavy atom. The predicted octanol–water partition coefficient (Wildman–Crippen LogP) is -12.1. The van der Waals surface area contributed by atoms with Crippen LogP contribution < -0.4 is 102 Å². The molecule has 0 spiro atoms. The van der Waals surface area contributed by atoms with Crippen molar-refractivity contribution in [3.8, 4) is 5.75 Å². The number of carbonyl (C=O) groups excluding carboxylic acids is 17. The number of aliphatic carboxylic acids is 3. The first kappa shape index (κ1) is 121. The number of likely N-dealkylation sites (tertiary alicyclic amines) is 1. The van der Waals surface area contributed by atoms with Gasteiger partial charge in [-0.3, -0.25) is 91.1 Å². The number of phenols is 1. The second-order valence-electron chi connectivity index (χ2n) is 36.8. The molecule has 1 aromatic carbocycles. The molecule has 0 bridgehead atoms. The van der Waals surface area contributed by atoms with E-state index in [4.69, 9.17) is 26.7 Å². The lowest BCUT2D eigenvalue weighted by molar-refractivity contribution is -0.228. The Balaban J connectivity index is 1.42. The highest BCUT2D eigenvalue weighted by atomic mass is 16.5. The van der Waals surface area contributed by atoms with E-state index < -0.39 is 354 Å². The minimum absolute atomic E-state index is 0.00196. The van der Waals surface area contributed by atoms with Gasteiger partial charge in [-0.05, 0) is 153 Å². The molecule has 2 aliphatic carbocycles. The van der Waals surface area contributed by atoms with Gasteiger partial charge in [0.2, 0.25) is 100 Å². The number of phenolic OH excluding ortho intramolecular Hbond substituents is 1. The molecule has 4 fully saturated rings. The first-order valence-electron chi connectivity index (χ1n) is 47.6. The molecule has 34 N–H and O–H groups in total. The van der Waals surface area contributed by atoms with Crippen molar-refractivity contribution in [3.05, 3.63) is 29.8 Å². The summed E-state index contributed by atoms with van der Waals surface area (Å²) in [6.45, 7) is 4.52. The van der Waals surface area contributed by atoms with Crippen LogP contribution in [0.3, 0.4) is 0 Å². The lowest BCUT2D eigenvalue weighted by atomic mass is 9.78. The molecule has 54 nitrogen and oxygen atoms in total. The highest BCUT2D eigenvalue weighted by Gasteiger charge is 2.52. The fourth-order valence-corrected chi connectivity index (χ4v) is 16.7. The molecule has 1 aromatic rings. The topological polar surface area (TPSA) is 876 Å². The van der Waals surface area contributed by atoms with Gasteiger partial charge >= 0.3 is 17.9 Å². The third-order valence-electron chi connectivity index (χ3n) is 24.6. The van der Waals surface area contributed by atoms with Gasteiger partial charge in [-0.15, -0.1) is 0 Å². The van der Waals surface area contributed by atoms with Crippen LogP contribution in [0.5, 0.6) is 5.75 Å². The largest absolute Gasteiger partial charge is 0.508 e. The zero-order valence-corrected chi connectivity index (χ0v) is 80.9. The van der Waals surface area contributed by atoms with Crippen LogP contribution in [0.15, 0.2) is 24.3 Å². The molecule has 25 unspecified atom stereocenters. The summed E-state index contributed by atoms with van der Waals surface area (Å²) in [5.74, 6) is -25.1. The van der Waals surface area contributed by atoms with E-state index in [0.29, 0.717) is 12.0 Å². The number of hydrogen-bond donors (Lipinski definition) is 31. The minimum atomic E-state index is -2.09. The van der Waals surface area contributed by atoms with Gasteiger partial charge in [0.1, 0.15) is 96.6 Å². The number of nitrogens with one attached hydrogen (secondary N) is 16. The van der Waals surface area contributed by atoms with Crippen molar-refractivity contribution in [1.82, 2.24) is 90.0 Å². The SMILES string of the molecule is CC(=O)NC1C(OC(C)C(NC(=O)C(C)NC(=O)C(CC(N)=O)NC(=O)C(CO)NC(=O)CNC(=O)CNC(=O)C(CCC(=O)O)NC(=O)C(CCC(=O)O)NC(=O)C(CO)NC(=O)C2CCC(=O)N2)C(=O)NC(CCCCN)C(=O)NC(CCCCN)C(=O)N2CCCC2C(=O)NC(CNC(C(=O)NC(CC(C)C)C(=O)O)C(C)C)Cc2ccc(O)cc2)CC(CO)C(O)C1OC1CC(CO)C(O)C(O)C1O. The Kier molecular flexibility index (Phi) is 51.3. The summed E-state index contributed by atoms with van der Waals surface area (Å²) in [4.78, 5) is 272. The van der Waals surface area contributed by atoms with Crippen molar-refractivity contribution in [1.29, 1.82) is 0 Å². The van der Waals surface area contributed by atoms with Crippen molar-refractivity contribution < 1.29 is 167 Å². The van der Waals surface area contributed by atoms with Crippen molar-refractivity contribution in [2.45, 2.75) is 310 Å². The Morgan fingerprint density at radius 2 is 1.04 bits per heavy atom. The smallest absolute Gasteiger partial charge is 0.326 e. The van der Waals surface area contributed by atoms with Gasteiger partial charge in [-0.1, -0.05) is 39.8 Å². The van der Waals surface area contributed by atoms with Gasteiger partial charge in [0, 0.05) is 70.4 Å². The standard InChI is InChI=1S/C89H144N20O34/c1-41(2)29-57(89(140)141)106-86(137)69(42(3)4)94-34-49(30-46-16-18-50(115)19-17-46)98-85(136)60-15-12-28-109(60)88(139)55(14-9-11-27-91)104-79(130)51(13-8-10-26-90)103-87(138)70(44(6)142-61-31-48(38-111)73(125)76(71(61)97-45(7)114)143-62-32-47(37-110)72(124)75(127)74(62)126)108-77(128)43(5)96-82(133)56(33-63(92)116)105-83(134)58(39-112)100-66(119)36-93-65(118)35-95-78(129)52(21-24-67(120)121)101-81(132)54(22-25-68(122)123)102-84(135)59(40-113)107-80(131)53-20-23-64(117)99-53/h16-19,41-44,47-49,51-62,69-76,94,110-113,115,124-127H,8-15,20-40,90-91H2,1-7H3,(H2,92,116)(H,93,118)(H,95,129)(H,96,133)(H,97,114)(H,98,136)(H,99,117)(H,100,119)(H,101,132)(H,102,135)(H,103,138)(H,104,130)(H,105,134)(H,106,137)(H,107,131)(H,108,128)(H,120,121)(H,122,123)(H,140,141). The summed E-state index contributed by atoms with van der Waals surface area (Å²) in [7, 11) is 0.